The van der Waals surface area contributed by atoms with Gasteiger partial charge in [-0.3, -0.25) is 9.48 Å². The van der Waals surface area contributed by atoms with E-state index in [9.17, 15) is 14.0 Å². The number of nitrogens with two attached hydrogens (primary N) is 2. The van der Waals surface area contributed by atoms with E-state index in [1.54, 1.807) is 20.8 Å². The molecule has 0 spiro atoms. The van der Waals surface area contributed by atoms with Gasteiger partial charge in [0.25, 0.3) is 5.91 Å². The lowest BCUT2D eigenvalue weighted by molar-refractivity contribution is -0.148. The molecule has 0 saturated heterocycles. The van der Waals surface area contributed by atoms with Crippen molar-refractivity contribution in [1.82, 2.24) is 9.78 Å². The molecule has 0 radical (unpaired) electrons. The standard InChI is InChI=1S/C22H21F3N4O3/c1-22(2,3)32-14(30)8-6-10-15(18(25)19(26)16(17(10)24)21(27)31)11-5-7-13(23)12-9-28-29(4)20(11)12/h5-9H,26H2,1-4H3,(H2,27,31)/b8-6+. The van der Waals surface area contributed by atoms with Gasteiger partial charge < -0.3 is 16.2 Å². The molecular formula is C22H21F3N4O3. The molecule has 32 heavy (non-hydrogen) atoms. The Morgan fingerprint density at radius 1 is 1.16 bits per heavy atom. The van der Waals surface area contributed by atoms with Gasteiger partial charge in [0, 0.05) is 29.8 Å². The van der Waals surface area contributed by atoms with Crippen molar-refractivity contribution in [3.63, 3.8) is 0 Å². The summed E-state index contributed by atoms with van der Waals surface area (Å²) < 4.78 is 51.5. The van der Waals surface area contributed by atoms with Crippen molar-refractivity contribution in [3.05, 3.63) is 53.0 Å². The molecule has 1 amide bonds. The number of carbonyl (C=O) groups excluding carboxylic acids is 2. The predicted molar refractivity (Wildman–Crippen MR) is 114 cm³/mol. The molecule has 2 aromatic carbocycles. The van der Waals surface area contributed by atoms with Gasteiger partial charge in [0.1, 0.15) is 22.8 Å². The third-order valence-electron chi connectivity index (χ3n) is 4.61. The summed E-state index contributed by atoms with van der Waals surface area (Å²) in [6.07, 6.45) is 3.08. The normalized spacial score (nSPS) is 12.0. The van der Waals surface area contributed by atoms with Crippen molar-refractivity contribution < 1.29 is 27.5 Å². The first-order valence-electron chi connectivity index (χ1n) is 9.45. The molecule has 10 heteroatoms. The van der Waals surface area contributed by atoms with Gasteiger partial charge in [0.2, 0.25) is 0 Å². The number of nitrogens with zero attached hydrogens (tertiary/aromatic N) is 2. The number of benzene rings is 2. The second kappa shape index (κ2) is 8.03. The fourth-order valence-corrected chi connectivity index (χ4v) is 3.33. The largest absolute Gasteiger partial charge is 0.457 e. The molecule has 7 nitrogen and oxygen atoms in total. The molecular weight excluding hydrogens is 425 g/mol. The van der Waals surface area contributed by atoms with Crippen LogP contribution in [0.2, 0.25) is 0 Å². The maximum atomic E-state index is 15.4. The number of aryl methyl sites for hydroxylation is 1. The van der Waals surface area contributed by atoms with Gasteiger partial charge in [-0.2, -0.15) is 5.10 Å². The summed E-state index contributed by atoms with van der Waals surface area (Å²) >= 11 is 0. The van der Waals surface area contributed by atoms with Gasteiger partial charge in [-0.1, -0.05) is 0 Å². The lowest BCUT2D eigenvalue weighted by Gasteiger charge is -2.18. The smallest absolute Gasteiger partial charge is 0.331 e. The Kier molecular flexibility index (Phi) is 5.73. The third-order valence-corrected chi connectivity index (χ3v) is 4.61. The van der Waals surface area contributed by atoms with Gasteiger partial charge in [-0.25, -0.2) is 18.0 Å². The van der Waals surface area contributed by atoms with Crippen LogP contribution in [0.15, 0.2) is 24.4 Å². The molecule has 1 heterocycles. The molecule has 0 fully saturated rings. The highest BCUT2D eigenvalue weighted by Crippen LogP contribution is 2.39. The minimum Gasteiger partial charge on any atom is -0.457 e. The number of amides is 1. The van der Waals surface area contributed by atoms with Gasteiger partial charge >= 0.3 is 5.97 Å². The number of hydrogen-bond donors (Lipinski definition) is 2. The number of hydrogen-bond acceptors (Lipinski definition) is 5. The van der Waals surface area contributed by atoms with Crippen molar-refractivity contribution in [3.8, 4) is 11.1 Å². The fourth-order valence-electron chi connectivity index (χ4n) is 3.33. The van der Waals surface area contributed by atoms with E-state index < -0.39 is 57.3 Å². The number of fused-ring (bicyclic) bond motifs is 1. The topological polar surface area (TPSA) is 113 Å². The molecule has 1 aromatic heterocycles. The summed E-state index contributed by atoms with van der Waals surface area (Å²) in [4.78, 5) is 23.9. The van der Waals surface area contributed by atoms with Crippen LogP contribution in [0.1, 0.15) is 36.7 Å². The van der Waals surface area contributed by atoms with Crippen LogP contribution in [0.5, 0.6) is 0 Å². The number of carbonyl (C=O) groups is 2. The summed E-state index contributed by atoms with van der Waals surface area (Å²) in [7, 11) is 1.50. The highest BCUT2D eigenvalue weighted by atomic mass is 19.1. The zero-order valence-electron chi connectivity index (χ0n) is 17.8. The molecule has 168 valence electrons. The van der Waals surface area contributed by atoms with Crippen molar-refractivity contribution in [2.45, 2.75) is 26.4 Å². The van der Waals surface area contributed by atoms with Crippen molar-refractivity contribution >= 4 is 34.5 Å². The Labute approximate surface area is 181 Å². The average Bonchev–Trinajstić information content (AvgIpc) is 3.06. The van der Waals surface area contributed by atoms with E-state index in [1.807, 2.05) is 0 Å². The van der Waals surface area contributed by atoms with E-state index in [0.717, 1.165) is 18.2 Å². The summed E-state index contributed by atoms with van der Waals surface area (Å²) in [5.74, 6) is -5.12. The maximum absolute atomic E-state index is 15.4. The minimum absolute atomic E-state index is 0.0457. The molecule has 3 rings (SSSR count). The van der Waals surface area contributed by atoms with Crippen molar-refractivity contribution in [2.75, 3.05) is 5.73 Å². The summed E-state index contributed by atoms with van der Waals surface area (Å²) in [5.41, 5.74) is 7.72. The van der Waals surface area contributed by atoms with Crippen LogP contribution in [0.3, 0.4) is 0 Å². The minimum atomic E-state index is -1.29. The number of aromatic nitrogens is 2. The Bertz CT molecular complexity index is 1290. The molecule has 0 aliphatic carbocycles. The first kappa shape index (κ1) is 22.9. The number of rotatable bonds is 4. The maximum Gasteiger partial charge on any atom is 0.331 e. The number of nitrogen functional groups attached to an aromatic ring is 1. The van der Waals surface area contributed by atoms with E-state index in [2.05, 4.69) is 5.10 Å². The van der Waals surface area contributed by atoms with Crippen LogP contribution in [0, 0.1) is 17.5 Å². The SMILES string of the molecule is Cn1ncc2c(F)ccc(-c3c(F)c(N)c(C(N)=O)c(F)c3/C=C/C(=O)OC(C)(C)C)c21. The van der Waals surface area contributed by atoms with E-state index in [1.165, 1.54) is 24.0 Å². The van der Waals surface area contributed by atoms with Crippen LogP contribution < -0.4 is 11.5 Å². The molecule has 0 saturated carbocycles. The van der Waals surface area contributed by atoms with Gasteiger partial charge in [0.05, 0.1) is 22.8 Å². The molecule has 0 aliphatic rings. The average molecular weight is 446 g/mol. The number of esters is 1. The van der Waals surface area contributed by atoms with Crippen LogP contribution in [0.4, 0.5) is 18.9 Å². The molecule has 3 aromatic rings. The van der Waals surface area contributed by atoms with E-state index in [-0.39, 0.29) is 16.5 Å². The Morgan fingerprint density at radius 3 is 2.41 bits per heavy atom. The lowest BCUT2D eigenvalue weighted by Crippen LogP contribution is -2.22. The monoisotopic (exact) mass is 446 g/mol. The van der Waals surface area contributed by atoms with E-state index in [0.29, 0.717) is 0 Å². The van der Waals surface area contributed by atoms with Crippen molar-refractivity contribution in [1.29, 1.82) is 0 Å². The second-order valence-corrected chi connectivity index (χ2v) is 8.06. The predicted octanol–water partition coefficient (Wildman–Crippen LogP) is 3.69. The zero-order valence-corrected chi connectivity index (χ0v) is 17.8. The quantitative estimate of drug-likeness (QED) is 0.361. The summed E-state index contributed by atoms with van der Waals surface area (Å²) in [5, 5.41) is 4.03. The molecule has 0 unspecified atom stereocenters. The van der Waals surface area contributed by atoms with E-state index >= 15 is 8.78 Å². The van der Waals surface area contributed by atoms with Crippen molar-refractivity contribution in [2.24, 2.45) is 12.8 Å². The molecule has 0 bridgehead atoms. The molecule has 0 aliphatic heterocycles. The van der Waals surface area contributed by atoms with Gasteiger partial charge in [-0.15, -0.1) is 0 Å². The number of halogens is 3. The Morgan fingerprint density at radius 2 is 1.81 bits per heavy atom. The van der Waals surface area contributed by atoms with Crippen LogP contribution in [-0.4, -0.2) is 27.3 Å². The highest BCUT2D eigenvalue weighted by molar-refractivity contribution is 6.04. The summed E-state index contributed by atoms with van der Waals surface area (Å²) in [6.45, 7) is 4.91. The fraction of sp³-hybridized carbons (Fsp3) is 0.227. The number of ether oxygens (including phenoxy) is 1. The molecule has 0 atom stereocenters. The highest BCUT2D eigenvalue weighted by Gasteiger charge is 2.28. The number of anilines is 1. The molecule has 4 N–H and O–H groups in total. The first-order valence-corrected chi connectivity index (χ1v) is 9.45. The first-order chi connectivity index (χ1) is 14.8. The van der Waals surface area contributed by atoms with Crippen LogP contribution >= 0.6 is 0 Å². The van der Waals surface area contributed by atoms with Crippen LogP contribution in [0.25, 0.3) is 28.1 Å². The zero-order chi connectivity index (χ0) is 24.0. The summed E-state index contributed by atoms with van der Waals surface area (Å²) in [6, 6.07) is 2.29. The lowest BCUT2D eigenvalue weighted by atomic mass is 9.92. The Hall–Kier alpha value is -3.82. The number of primary amides is 1. The van der Waals surface area contributed by atoms with Gasteiger partial charge in [-0.05, 0) is 39.0 Å². The Balaban J connectivity index is 2.37. The third kappa shape index (κ3) is 4.03. The van der Waals surface area contributed by atoms with E-state index in [4.69, 9.17) is 16.2 Å². The van der Waals surface area contributed by atoms with Crippen LogP contribution in [-0.2, 0) is 16.6 Å². The second-order valence-electron chi connectivity index (χ2n) is 8.06. The van der Waals surface area contributed by atoms with Gasteiger partial charge in [0.15, 0.2) is 5.82 Å².